The van der Waals surface area contributed by atoms with Crippen LogP contribution in [0, 0.1) is 0 Å². The maximum atomic E-state index is 12.7. The molecule has 34 heavy (non-hydrogen) atoms. The van der Waals surface area contributed by atoms with E-state index < -0.39 is 11.3 Å². The Morgan fingerprint density at radius 3 is 2.41 bits per heavy atom. The summed E-state index contributed by atoms with van der Waals surface area (Å²) in [6.07, 6.45) is 4.22. The lowest BCUT2D eigenvalue weighted by Gasteiger charge is -2.41. The molecule has 4 rings (SSSR count). The van der Waals surface area contributed by atoms with Gasteiger partial charge in [0.25, 0.3) is 5.91 Å². The van der Waals surface area contributed by atoms with Crippen LogP contribution in [0.4, 0.5) is 16.2 Å². The van der Waals surface area contributed by atoms with Crippen LogP contribution in [-0.4, -0.2) is 51.4 Å². The van der Waals surface area contributed by atoms with Crippen molar-refractivity contribution in [3.05, 3.63) is 59.2 Å². The zero-order valence-electron chi connectivity index (χ0n) is 19.3. The standard InChI is InChI=1S/C25H31N3O5S/c1-2-33-25(30)27-16-14-19(15-17-27)28(34(31)32)23-13-12-22(20-10-6-7-11-21(20)23)26-24(29)18-8-4-3-5-9-18/h3-5,8-9,12-13,19H,2,6-7,10-11,14-17H2,1H3,(H,26,29)(H,31,32)/p-1. The third-order valence-electron chi connectivity index (χ3n) is 6.51. The third-order valence-corrected chi connectivity index (χ3v) is 7.33. The summed E-state index contributed by atoms with van der Waals surface area (Å²) in [5, 5.41) is 3.02. The van der Waals surface area contributed by atoms with Crippen molar-refractivity contribution in [2.24, 2.45) is 0 Å². The number of anilines is 2. The van der Waals surface area contributed by atoms with Crippen molar-refractivity contribution in [1.82, 2.24) is 4.90 Å². The lowest BCUT2D eigenvalue weighted by atomic mass is 9.88. The average molecular weight is 485 g/mol. The van der Waals surface area contributed by atoms with Gasteiger partial charge in [-0.1, -0.05) is 18.2 Å². The van der Waals surface area contributed by atoms with E-state index in [0.717, 1.165) is 42.5 Å². The molecule has 1 fully saturated rings. The lowest BCUT2D eigenvalue weighted by molar-refractivity contribution is 0.0975. The van der Waals surface area contributed by atoms with Gasteiger partial charge in [0.15, 0.2) is 0 Å². The normalized spacial score (nSPS) is 16.9. The molecule has 1 aliphatic heterocycles. The number of fused-ring (bicyclic) bond motifs is 1. The summed E-state index contributed by atoms with van der Waals surface area (Å²) in [6.45, 7) is 2.98. The van der Waals surface area contributed by atoms with Gasteiger partial charge in [-0.3, -0.25) is 13.3 Å². The summed E-state index contributed by atoms with van der Waals surface area (Å²) in [5.41, 5.74) is 3.98. The Morgan fingerprint density at radius 1 is 1.09 bits per heavy atom. The van der Waals surface area contributed by atoms with Crippen molar-refractivity contribution in [3.8, 4) is 0 Å². The van der Waals surface area contributed by atoms with Crippen molar-refractivity contribution < 1.29 is 23.1 Å². The van der Waals surface area contributed by atoms with Gasteiger partial charge in [-0.2, -0.15) is 0 Å². The number of likely N-dealkylation sites (tertiary alicyclic amines) is 1. The highest BCUT2D eigenvalue weighted by atomic mass is 32.2. The highest BCUT2D eigenvalue weighted by molar-refractivity contribution is 7.80. The fourth-order valence-electron chi connectivity index (χ4n) is 4.85. The van der Waals surface area contributed by atoms with Gasteiger partial charge in [0.1, 0.15) is 0 Å². The first-order chi connectivity index (χ1) is 16.5. The molecule has 0 saturated carbocycles. The molecule has 2 aromatic carbocycles. The van der Waals surface area contributed by atoms with E-state index in [-0.39, 0.29) is 18.0 Å². The fourth-order valence-corrected chi connectivity index (χ4v) is 5.64. The predicted octanol–water partition coefficient (Wildman–Crippen LogP) is 4.04. The molecule has 1 N–H and O–H groups in total. The second-order valence-electron chi connectivity index (χ2n) is 8.58. The van der Waals surface area contributed by atoms with Crippen molar-refractivity contribution in [2.75, 3.05) is 29.3 Å². The highest BCUT2D eigenvalue weighted by Crippen LogP contribution is 2.38. The molecule has 9 heteroatoms. The maximum Gasteiger partial charge on any atom is 0.409 e. The van der Waals surface area contributed by atoms with Crippen molar-refractivity contribution in [3.63, 3.8) is 0 Å². The van der Waals surface area contributed by atoms with Crippen LogP contribution in [0.15, 0.2) is 42.5 Å². The molecule has 0 radical (unpaired) electrons. The highest BCUT2D eigenvalue weighted by Gasteiger charge is 2.31. The van der Waals surface area contributed by atoms with Crippen LogP contribution in [-0.2, 0) is 28.8 Å². The molecule has 182 valence electrons. The van der Waals surface area contributed by atoms with E-state index in [1.807, 2.05) is 24.3 Å². The van der Waals surface area contributed by atoms with Crippen LogP contribution in [0.25, 0.3) is 0 Å². The van der Waals surface area contributed by atoms with Gasteiger partial charge in [0.2, 0.25) is 0 Å². The van der Waals surface area contributed by atoms with E-state index in [0.29, 0.717) is 43.8 Å². The summed E-state index contributed by atoms with van der Waals surface area (Å²) in [4.78, 5) is 26.4. The average Bonchev–Trinajstić information content (AvgIpc) is 2.86. The molecule has 1 heterocycles. The van der Waals surface area contributed by atoms with Crippen LogP contribution in [0.1, 0.15) is 54.1 Å². The Balaban J connectivity index is 1.58. The number of benzene rings is 2. The number of carbonyl (C=O) groups excluding carboxylic acids is 2. The lowest BCUT2D eigenvalue weighted by Crippen LogP contribution is -2.48. The second-order valence-corrected chi connectivity index (χ2v) is 9.40. The largest absolute Gasteiger partial charge is 0.755 e. The van der Waals surface area contributed by atoms with Crippen molar-refractivity contribution in [1.29, 1.82) is 0 Å². The Labute approximate surface area is 202 Å². The van der Waals surface area contributed by atoms with E-state index in [2.05, 4.69) is 5.32 Å². The van der Waals surface area contributed by atoms with Crippen LogP contribution in [0.3, 0.4) is 0 Å². The molecule has 1 atom stereocenters. The number of ether oxygens (including phenoxy) is 1. The molecule has 0 bridgehead atoms. The molecule has 0 aromatic heterocycles. The number of carbonyl (C=O) groups is 2. The van der Waals surface area contributed by atoms with Crippen LogP contribution in [0.5, 0.6) is 0 Å². The van der Waals surface area contributed by atoms with E-state index in [4.69, 9.17) is 4.74 Å². The minimum Gasteiger partial charge on any atom is -0.755 e. The molecular formula is C25H30N3O5S-. The minimum atomic E-state index is -2.46. The Morgan fingerprint density at radius 2 is 1.76 bits per heavy atom. The third kappa shape index (κ3) is 5.26. The molecule has 1 aliphatic carbocycles. The molecule has 0 spiro atoms. The van der Waals surface area contributed by atoms with Gasteiger partial charge in [-0.05, 0) is 80.8 Å². The summed E-state index contributed by atoms with van der Waals surface area (Å²) < 4.78 is 31.3. The first-order valence-electron chi connectivity index (χ1n) is 11.8. The summed E-state index contributed by atoms with van der Waals surface area (Å²) >= 11 is -2.46. The molecule has 8 nitrogen and oxygen atoms in total. The van der Waals surface area contributed by atoms with Gasteiger partial charge in [0, 0.05) is 41.6 Å². The molecule has 1 unspecified atom stereocenters. The monoisotopic (exact) mass is 484 g/mol. The number of hydrogen-bond donors (Lipinski definition) is 1. The quantitative estimate of drug-likeness (QED) is 0.624. The zero-order chi connectivity index (χ0) is 24.1. The predicted molar refractivity (Wildman–Crippen MR) is 130 cm³/mol. The number of piperidine rings is 1. The first-order valence-corrected chi connectivity index (χ1v) is 12.8. The molecule has 1 saturated heterocycles. The molecule has 2 aromatic rings. The Bertz CT molecular complexity index is 1050. The van der Waals surface area contributed by atoms with Gasteiger partial charge >= 0.3 is 6.09 Å². The first kappa shape index (κ1) is 24.2. The SMILES string of the molecule is CCOC(=O)N1CCC(N(c2ccc(NC(=O)c3ccccc3)c3c2CCCC3)S(=O)[O-])CC1. The molecule has 2 aliphatic rings. The van der Waals surface area contributed by atoms with E-state index in [1.165, 1.54) is 4.31 Å². The van der Waals surface area contributed by atoms with Crippen LogP contribution in [0.2, 0.25) is 0 Å². The summed E-state index contributed by atoms with van der Waals surface area (Å²) in [5.74, 6) is -0.184. The van der Waals surface area contributed by atoms with Gasteiger partial charge in [-0.15, -0.1) is 0 Å². The minimum absolute atomic E-state index is 0.184. The molecule has 2 amide bonds. The van der Waals surface area contributed by atoms with Gasteiger partial charge < -0.3 is 19.5 Å². The van der Waals surface area contributed by atoms with Crippen molar-refractivity contribution >= 4 is 34.6 Å². The van der Waals surface area contributed by atoms with E-state index in [1.54, 1.807) is 30.0 Å². The second kappa shape index (κ2) is 11.0. The van der Waals surface area contributed by atoms with E-state index >= 15 is 0 Å². The maximum absolute atomic E-state index is 12.7. The van der Waals surface area contributed by atoms with Crippen LogP contribution < -0.4 is 9.62 Å². The zero-order valence-corrected chi connectivity index (χ0v) is 20.1. The Kier molecular flexibility index (Phi) is 7.84. The van der Waals surface area contributed by atoms with Gasteiger partial charge in [-0.25, -0.2) is 4.79 Å². The number of rotatable bonds is 6. The van der Waals surface area contributed by atoms with Crippen molar-refractivity contribution in [2.45, 2.75) is 51.5 Å². The van der Waals surface area contributed by atoms with Crippen LogP contribution >= 0.6 is 0 Å². The Hall–Kier alpha value is -2.91. The number of nitrogens with zero attached hydrogens (tertiary/aromatic N) is 2. The van der Waals surface area contributed by atoms with Gasteiger partial charge in [0.05, 0.1) is 12.3 Å². The molecular weight excluding hydrogens is 454 g/mol. The number of amides is 2. The topological polar surface area (TPSA) is 102 Å². The summed E-state index contributed by atoms with van der Waals surface area (Å²) in [7, 11) is 0. The summed E-state index contributed by atoms with van der Waals surface area (Å²) in [6, 6.07) is 12.4. The fraction of sp³-hybridized carbons (Fsp3) is 0.440. The number of nitrogens with one attached hydrogen (secondary N) is 1. The van der Waals surface area contributed by atoms with E-state index in [9.17, 15) is 18.4 Å². The smallest absolute Gasteiger partial charge is 0.409 e. The number of hydrogen-bond acceptors (Lipinski definition) is 5.